The molecule has 0 radical (unpaired) electrons. The van der Waals surface area contributed by atoms with Crippen LogP contribution in [0.4, 0.5) is 60.5 Å². The van der Waals surface area contributed by atoms with Crippen molar-refractivity contribution in [3.63, 3.8) is 0 Å². The van der Waals surface area contributed by atoms with Crippen molar-refractivity contribution in [1.82, 2.24) is 0 Å². The molecule has 68 heavy (non-hydrogen) atoms. The number of ketones is 2. The predicted octanol–water partition coefficient (Wildman–Crippen LogP) is 12.8. The molecule has 5 aromatic rings. The molecule has 4 N–H and O–H groups in total. The standard InChI is InChI=1S/C44H32Cl4F6N8O6/c1-19-13-32(56-42(68)38(22(4)64)62-60-36-16-24(6-12-30(36)48)40(66)58-34-18-26(46)8-10-28(34)44(52,53)54)20(2)14-31(19)55-41(67)37(21(3)63)61-59-35-15-23(5-11-29(35)47)39(65)57-33-17-25(45)7-9-27(33)43(49,50)51/h5-18,37-38H,1-4H3,(H,55,67)(H,56,68)(H,57,65)(H,58,66). The highest BCUT2D eigenvalue weighted by Crippen LogP contribution is 2.38. The number of carbonyl (C=O) groups is 6. The molecule has 14 nitrogen and oxygen atoms in total. The Labute approximate surface area is 401 Å². The summed E-state index contributed by atoms with van der Waals surface area (Å²) in [6, 6.07) is 11.5. The Morgan fingerprint density at radius 1 is 0.485 bits per heavy atom. The fourth-order valence-electron chi connectivity index (χ4n) is 5.95. The molecule has 354 valence electrons. The molecule has 0 aliphatic carbocycles. The number of amides is 4. The Morgan fingerprint density at radius 3 is 1.16 bits per heavy atom. The van der Waals surface area contributed by atoms with E-state index in [9.17, 15) is 55.1 Å². The van der Waals surface area contributed by atoms with Crippen LogP contribution in [0.25, 0.3) is 0 Å². The fraction of sp³-hybridized carbons (Fsp3) is 0.182. The first-order chi connectivity index (χ1) is 31.7. The van der Waals surface area contributed by atoms with Crippen molar-refractivity contribution in [3.8, 4) is 0 Å². The minimum absolute atomic E-state index is 0.0745. The van der Waals surface area contributed by atoms with Crippen LogP contribution in [-0.4, -0.2) is 47.3 Å². The topological polar surface area (TPSA) is 200 Å². The molecule has 0 saturated heterocycles. The van der Waals surface area contributed by atoms with Crippen molar-refractivity contribution in [3.05, 3.63) is 138 Å². The molecule has 0 heterocycles. The van der Waals surface area contributed by atoms with Gasteiger partial charge >= 0.3 is 12.4 Å². The van der Waals surface area contributed by atoms with Crippen LogP contribution in [0.5, 0.6) is 0 Å². The summed E-state index contributed by atoms with van der Waals surface area (Å²) < 4.78 is 81.4. The van der Waals surface area contributed by atoms with E-state index < -0.39 is 82.1 Å². The minimum atomic E-state index is -4.82. The van der Waals surface area contributed by atoms with Gasteiger partial charge in [0, 0.05) is 32.5 Å². The molecule has 0 aliphatic heterocycles. The van der Waals surface area contributed by atoms with Crippen molar-refractivity contribution < 1.29 is 55.1 Å². The third-order valence-electron chi connectivity index (χ3n) is 9.40. The van der Waals surface area contributed by atoms with E-state index in [-0.39, 0.29) is 54.0 Å². The molecule has 2 unspecified atom stereocenters. The molecule has 5 rings (SSSR count). The number of benzene rings is 5. The molecule has 4 amide bonds. The Hall–Kier alpha value is -6.74. The van der Waals surface area contributed by atoms with Crippen molar-refractivity contribution in [2.24, 2.45) is 20.5 Å². The minimum Gasteiger partial charge on any atom is -0.324 e. The summed E-state index contributed by atoms with van der Waals surface area (Å²) in [5, 5.41) is 24.5. The molecule has 0 fully saturated rings. The summed E-state index contributed by atoms with van der Waals surface area (Å²) in [7, 11) is 0. The number of rotatable bonds is 14. The van der Waals surface area contributed by atoms with Crippen LogP contribution >= 0.6 is 46.4 Å². The SMILES string of the molecule is CC(=O)C(N=Nc1cc(C(=O)Nc2cc(Cl)ccc2C(F)(F)F)ccc1Cl)C(=O)Nc1cc(C)c(NC(=O)C(N=Nc2cc(C(=O)Nc3cc(Cl)ccc3C(F)(F)F)ccc2Cl)C(C)=O)cc1C. The van der Waals surface area contributed by atoms with Crippen LogP contribution in [0.3, 0.4) is 0 Å². The highest BCUT2D eigenvalue weighted by atomic mass is 35.5. The Bertz CT molecular complexity index is 2740. The summed E-state index contributed by atoms with van der Waals surface area (Å²) in [5.74, 6) is -5.46. The summed E-state index contributed by atoms with van der Waals surface area (Å²) in [5.41, 5.74) is -3.37. The third kappa shape index (κ3) is 13.2. The van der Waals surface area contributed by atoms with Crippen molar-refractivity contribution in [2.45, 2.75) is 52.1 Å². The van der Waals surface area contributed by atoms with Gasteiger partial charge in [0.1, 0.15) is 11.4 Å². The smallest absolute Gasteiger partial charge is 0.324 e. The van der Waals surface area contributed by atoms with Gasteiger partial charge < -0.3 is 21.3 Å². The highest BCUT2D eigenvalue weighted by molar-refractivity contribution is 6.34. The van der Waals surface area contributed by atoms with Crippen LogP contribution in [0.15, 0.2) is 105 Å². The van der Waals surface area contributed by atoms with Gasteiger partial charge in [-0.3, -0.25) is 28.8 Å². The predicted molar refractivity (Wildman–Crippen MR) is 243 cm³/mol. The molecular weight excluding hydrogens is 992 g/mol. The Kier molecular flexibility index (Phi) is 16.5. The number of alkyl halides is 6. The van der Waals surface area contributed by atoms with E-state index in [1.807, 2.05) is 0 Å². The first kappa shape index (κ1) is 52.2. The Balaban J connectivity index is 1.28. The molecule has 0 aromatic heterocycles. The van der Waals surface area contributed by atoms with Gasteiger partial charge in [0.05, 0.1) is 32.5 Å². The summed E-state index contributed by atoms with van der Waals surface area (Å²) in [6.45, 7) is 5.18. The number of nitrogens with zero attached hydrogens (tertiary/aromatic N) is 4. The van der Waals surface area contributed by atoms with Gasteiger partial charge in [-0.1, -0.05) is 46.4 Å². The first-order valence-corrected chi connectivity index (χ1v) is 20.8. The number of halogens is 10. The number of hydrogen-bond donors (Lipinski definition) is 4. The van der Waals surface area contributed by atoms with E-state index in [2.05, 4.69) is 41.7 Å². The average molecular weight is 1020 g/mol. The zero-order chi connectivity index (χ0) is 50.4. The average Bonchev–Trinajstić information content (AvgIpc) is 3.22. The van der Waals surface area contributed by atoms with E-state index in [4.69, 9.17) is 46.4 Å². The normalized spacial score (nSPS) is 12.7. The van der Waals surface area contributed by atoms with Gasteiger partial charge in [-0.2, -0.15) is 46.8 Å². The number of aryl methyl sites for hydroxylation is 2. The van der Waals surface area contributed by atoms with Gasteiger partial charge in [-0.05, 0) is 124 Å². The second-order valence-electron chi connectivity index (χ2n) is 14.5. The third-order valence-corrected chi connectivity index (χ3v) is 10.5. The van der Waals surface area contributed by atoms with E-state index >= 15 is 0 Å². The van der Waals surface area contributed by atoms with Crippen LogP contribution in [-0.2, 0) is 31.5 Å². The van der Waals surface area contributed by atoms with E-state index in [0.717, 1.165) is 50.2 Å². The summed E-state index contributed by atoms with van der Waals surface area (Å²) >= 11 is 24.2. The summed E-state index contributed by atoms with van der Waals surface area (Å²) in [6.07, 6.45) is -9.64. The number of Topliss-reactive ketones (excluding diaryl/α,β-unsaturated/α-hetero) is 2. The van der Waals surface area contributed by atoms with E-state index in [0.29, 0.717) is 23.3 Å². The molecular formula is C44H32Cl4F6N8O6. The zero-order valence-electron chi connectivity index (χ0n) is 35.3. The van der Waals surface area contributed by atoms with Crippen LogP contribution in [0.2, 0.25) is 20.1 Å². The lowest BCUT2D eigenvalue weighted by molar-refractivity contribution is -0.137. The van der Waals surface area contributed by atoms with Crippen molar-refractivity contribution in [2.75, 3.05) is 21.3 Å². The summed E-state index contributed by atoms with van der Waals surface area (Å²) in [4.78, 5) is 78.0. The number of nitrogens with one attached hydrogen (secondary N) is 4. The van der Waals surface area contributed by atoms with E-state index in [1.54, 1.807) is 0 Å². The second kappa shape index (κ2) is 21.5. The monoisotopic (exact) mass is 1020 g/mol. The molecule has 0 aliphatic rings. The molecule has 0 bridgehead atoms. The van der Waals surface area contributed by atoms with Gasteiger partial charge in [0.25, 0.3) is 23.6 Å². The maximum absolute atomic E-state index is 13.6. The number of azo groups is 2. The molecule has 5 aromatic carbocycles. The molecule has 0 spiro atoms. The fourth-order valence-corrected chi connectivity index (χ4v) is 6.60. The Morgan fingerprint density at radius 2 is 0.838 bits per heavy atom. The first-order valence-electron chi connectivity index (χ1n) is 19.2. The lowest BCUT2D eigenvalue weighted by atomic mass is 10.1. The van der Waals surface area contributed by atoms with E-state index in [1.165, 1.54) is 50.2 Å². The lowest BCUT2D eigenvalue weighted by Crippen LogP contribution is -2.32. The number of carbonyl (C=O) groups excluding carboxylic acids is 6. The highest BCUT2D eigenvalue weighted by Gasteiger charge is 2.35. The maximum Gasteiger partial charge on any atom is 0.418 e. The van der Waals surface area contributed by atoms with Crippen LogP contribution in [0.1, 0.15) is 56.8 Å². The van der Waals surface area contributed by atoms with Gasteiger partial charge in [0.15, 0.2) is 11.6 Å². The molecule has 2 atom stereocenters. The quantitative estimate of drug-likeness (QED) is 0.0484. The number of anilines is 4. The van der Waals surface area contributed by atoms with Crippen LogP contribution < -0.4 is 21.3 Å². The van der Waals surface area contributed by atoms with Gasteiger partial charge in [0.2, 0.25) is 12.1 Å². The van der Waals surface area contributed by atoms with Crippen molar-refractivity contribution in [1.29, 1.82) is 0 Å². The van der Waals surface area contributed by atoms with Crippen LogP contribution in [0, 0.1) is 13.8 Å². The van der Waals surface area contributed by atoms with Gasteiger partial charge in [-0.25, -0.2) is 0 Å². The van der Waals surface area contributed by atoms with Gasteiger partial charge in [-0.15, -0.1) is 0 Å². The second-order valence-corrected chi connectivity index (χ2v) is 16.2. The largest absolute Gasteiger partial charge is 0.418 e. The lowest BCUT2D eigenvalue weighted by Gasteiger charge is -2.16. The number of hydrogen-bond acceptors (Lipinski definition) is 10. The zero-order valence-corrected chi connectivity index (χ0v) is 38.3. The molecule has 24 heteroatoms. The molecule has 0 saturated carbocycles. The maximum atomic E-state index is 13.6. The van der Waals surface area contributed by atoms with Crippen molar-refractivity contribution >= 4 is 116 Å².